The molecule has 0 aliphatic heterocycles. The summed E-state index contributed by atoms with van der Waals surface area (Å²) in [5, 5.41) is 0.650. The van der Waals surface area contributed by atoms with Gasteiger partial charge in [0, 0.05) is 17.1 Å². The maximum atomic E-state index is 5.91. The van der Waals surface area contributed by atoms with Gasteiger partial charge < -0.3 is 15.2 Å². The highest BCUT2D eigenvalue weighted by atomic mass is 35.5. The van der Waals surface area contributed by atoms with Crippen LogP contribution in [0.1, 0.15) is 5.56 Å². The van der Waals surface area contributed by atoms with Crippen molar-refractivity contribution in [3.05, 3.63) is 53.1 Å². The van der Waals surface area contributed by atoms with Crippen molar-refractivity contribution < 1.29 is 9.47 Å². The predicted octanol–water partition coefficient (Wildman–Crippen LogP) is 3.60. The van der Waals surface area contributed by atoms with Crippen LogP contribution in [0, 0.1) is 0 Å². The van der Waals surface area contributed by atoms with Crippen LogP contribution in [-0.2, 0) is 6.54 Å². The first-order valence-electron chi connectivity index (χ1n) is 5.53. The molecule has 0 atom stereocenters. The fourth-order valence-corrected chi connectivity index (χ4v) is 1.77. The van der Waals surface area contributed by atoms with Gasteiger partial charge in [0.2, 0.25) is 0 Å². The molecule has 2 N–H and O–H groups in total. The van der Waals surface area contributed by atoms with Crippen LogP contribution >= 0.6 is 11.6 Å². The quantitative estimate of drug-likeness (QED) is 0.917. The van der Waals surface area contributed by atoms with Gasteiger partial charge in [0.25, 0.3) is 0 Å². The fourth-order valence-electron chi connectivity index (χ4n) is 1.58. The molecule has 0 aliphatic rings. The lowest BCUT2D eigenvalue weighted by Gasteiger charge is -2.10. The normalized spacial score (nSPS) is 10.2. The fraction of sp³-hybridized carbons (Fsp3) is 0.143. The van der Waals surface area contributed by atoms with E-state index in [1.807, 2.05) is 30.3 Å². The van der Waals surface area contributed by atoms with Crippen LogP contribution in [0.25, 0.3) is 0 Å². The van der Waals surface area contributed by atoms with Crippen molar-refractivity contribution in [3.8, 4) is 17.2 Å². The Hall–Kier alpha value is -1.71. The second kappa shape index (κ2) is 5.76. The molecule has 94 valence electrons. The SMILES string of the molecule is COc1ccc(Oc2ccc(Cl)cc2CN)cc1. The number of rotatable bonds is 4. The molecule has 0 spiro atoms. The van der Waals surface area contributed by atoms with Crippen molar-refractivity contribution in [2.24, 2.45) is 5.73 Å². The summed E-state index contributed by atoms with van der Waals surface area (Å²) in [6, 6.07) is 12.8. The number of halogens is 1. The minimum absolute atomic E-state index is 0.381. The lowest BCUT2D eigenvalue weighted by Crippen LogP contribution is -1.99. The molecule has 18 heavy (non-hydrogen) atoms. The Balaban J connectivity index is 2.22. The summed E-state index contributed by atoms with van der Waals surface area (Å²) in [5.41, 5.74) is 6.53. The molecule has 0 aliphatic carbocycles. The first-order chi connectivity index (χ1) is 8.72. The van der Waals surface area contributed by atoms with Crippen LogP contribution in [0.5, 0.6) is 17.2 Å². The van der Waals surface area contributed by atoms with Gasteiger partial charge in [0.1, 0.15) is 17.2 Å². The van der Waals surface area contributed by atoms with Crippen LogP contribution in [-0.4, -0.2) is 7.11 Å². The molecule has 0 aromatic heterocycles. The van der Waals surface area contributed by atoms with E-state index in [0.717, 1.165) is 17.1 Å². The van der Waals surface area contributed by atoms with Gasteiger partial charge in [0.05, 0.1) is 7.11 Å². The zero-order chi connectivity index (χ0) is 13.0. The van der Waals surface area contributed by atoms with Crippen LogP contribution < -0.4 is 15.2 Å². The van der Waals surface area contributed by atoms with Crippen molar-refractivity contribution in [2.75, 3.05) is 7.11 Å². The number of hydrogen-bond acceptors (Lipinski definition) is 3. The monoisotopic (exact) mass is 263 g/mol. The third-order valence-corrected chi connectivity index (χ3v) is 2.76. The first kappa shape index (κ1) is 12.7. The average Bonchev–Trinajstić information content (AvgIpc) is 2.41. The van der Waals surface area contributed by atoms with Gasteiger partial charge in [-0.15, -0.1) is 0 Å². The molecular formula is C14H14ClNO2. The Labute approximate surface area is 111 Å². The molecule has 2 aromatic carbocycles. The number of nitrogens with two attached hydrogens (primary N) is 1. The zero-order valence-corrected chi connectivity index (χ0v) is 10.8. The Morgan fingerprint density at radius 1 is 1.06 bits per heavy atom. The van der Waals surface area contributed by atoms with Crippen molar-refractivity contribution in [2.45, 2.75) is 6.54 Å². The van der Waals surface area contributed by atoms with Gasteiger partial charge in [0.15, 0.2) is 0 Å². The van der Waals surface area contributed by atoms with Crippen LogP contribution in [0.3, 0.4) is 0 Å². The molecule has 0 heterocycles. The van der Waals surface area contributed by atoms with E-state index in [9.17, 15) is 0 Å². The third kappa shape index (κ3) is 2.94. The van der Waals surface area contributed by atoms with Gasteiger partial charge in [-0.3, -0.25) is 0 Å². The molecule has 3 nitrogen and oxygen atoms in total. The minimum Gasteiger partial charge on any atom is -0.497 e. The second-order valence-electron chi connectivity index (χ2n) is 3.73. The number of ether oxygens (including phenoxy) is 2. The van der Waals surface area contributed by atoms with Gasteiger partial charge in [-0.1, -0.05) is 11.6 Å². The van der Waals surface area contributed by atoms with Gasteiger partial charge in [-0.25, -0.2) is 0 Å². The van der Waals surface area contributed by atoms with Gasteiger partial charge in [-0.05, 0) is 42.5 Å². The van der Waals surface area contributed by atoms with Crippen LogP contribution in [0.2, 0.25) is 5.02 Å². The molecule has 0 bridgehead atoms. The summed E-state index contributed by atoms with van der Waals surface area (Å²) >= 11 is 5.91. The zero-order valence-electron chi connectivity index (χ0n) is 10.0. The van der Waals surface area contributed by atoms with E-state index in [2.05, 4.69) is 0 Å². The summed E-state index contributed by atoms with van der Waals surface area (Å²) in [6.45, 7) is 0.381. The number of hydrogen-bond donors (Lipinski definition) is 1. The summed E-state index contributed by atoms with van der Waals surface area (Å²) in [7, 11) is 1.63. The summed E-state index contributed by atoms with van der Waals surface area (Å²) < 4.78 is 10.8. The maximum Gasteiger partial charge on any atom is 0.132 e. The molecule has 2 aromatic rings. The van der Waals surface area contributed by atoms with Crippen molar-refractivity contribution >= 4 is 11.6 Å². The molecule has 0 saturated carbocycles. The smallest absolute Gasteiger partial charge is 0.132 e. The van der Waals surface area contributed by atoms with E-state index in [4.69, 9.17) is 26.8 Å². The van der Waals surface area contributed by atoms with E-state index < -0.39 is 0 Å². The van der Waals surface area contributed by atoms with Crippen LogP contribution in [0.4, 0.5) is 0 Å². The molecule has 0 fully saturated rings. The maximum absolute atomic E-state index is 5.91. The Kier molecular flexibility index (Phi) is 4.07. The molecule has 0 saturated heterocycles. The number of methoxy groups -OCH3 is 1. The van der Waals surface area contributed by atoms with E-state index in [1.165, 1.54) is 0 Å². The summed E-state index contributed by atoms with van der Waals surface area (Å²) in [6.07, 6.45) is 0. The number of benzene rings is 2. The summed E-state index contributed by atoms with van der Waals surface area (Å²) in [5.74, 6) is 2.23. The minimum atomic E-state index is 0.381. The van der Waals surface area contributed by atoms with Crippen molar-refractivity contribution in [3.63, 3.8) is 0 Å². The lowest BCUT2D eigenvalue weighted by molar-refractivity contribution is 0.412. The highest BCUT2D eigenvalue weighted by Crippen LogP contribution is 2.28. The Morgan fingerprint density at radius 2 is 1.72 bits per heavy atom. The Bertz CT molecular complexity index is 526. The Morgan fingerprint density at radius 3 is 2.33 bits per heavy atom. The highest BCUT2D eigenvalue weighted by Gasteiger charge is 2.04. The second-order valence-corrected chi connectivity index (χ2v) is 4.17. The lowest BCUT2D eigenvalue weighted by atomic mass is 10.2. The molecule has 0 radical (unpaired) electrons. The van der Waals surface area contributed by atoms with Crippen LogP contribution in [0.15, 0.2) is 42.5 Å². The molecular weight excluding hydrogens is 250 g/mol. The molecule has 2 rings (SSSR count). The largest absolute Gasteiger partial charge is 0.497 e. The molecule has 0 unspecified atom stereocenters. The van der Waals surface area contributed by atoms with Gasteiger partial charge in [-0.2, -0.15) is 0 Å². The summed E-state index contributed by atoms with van der Waals surface area (Å²) in [4.78, 5) is 0. The molecule has 0 amide bonds. The molecule has 4 heteroatoms. The van der Waals surface area contributed by atoms with Crippen molar-refractivity contribution in [1.82, 2.24) is 0 Å². The van der Waals surface area contributed by atoms with Crippen molar-refractivity contribution in [1.29, 1.82) is 0 Å². The predicted molar refractivity (Wildman–Crippen MR) is 72.4 cm³/mol. The van der Waals surface area contributed by atoms with E-state index in [1.54, 1.807) is 19.2 Å². The van der Waals surface area contributed by atoms with E-state index in [0.29, 0.717) is 17.3 Å². The first-order valence-corrected chi connectivity index (χ1v) is 5.91. The van der Waals surface area contributed by atoms with E-state index >= 15 is 0 Å². The topological polar surface area (TPSA) is 44.5 Å². The highest BCUT2D eigenvalue weighted by molar-refractivity contribution is 6.30. The standard InChI is InChI=1S/C14H14ClNO2/c1-17-12-3-5-13(6-4-12)18-14-7-2-11(15)8-10(14)9-16/h2-8H,9,16H2,1H3. The third-order valence-electron chi connectivity index (χ3n) is 2.53. The van der Waals surface area contributed by atoms with Gasteiger partial charge >= 0.3 is 0 Å². The average molecular weight is 264 g/mol. The van der Waals surface area contributed by atoms with E-state index in [-0.39, 0.29) is 0 Å².